The molecule has 0 spiro atoms. The van der Waals surface area contributed by atoms with Crippen molar-refractivity contribution in [3.8, 4) is 11.5 Å². The molecule has 0 atom stereocenters. The Kier molecular flexibility index (Phi) is 3.53. The average Bonchev–Trinajstić information content (AvgIpc) is 3.11. The van der Waals surface area contributed by atoms with E-state index in [1.165, 1.54) is 0 Å². The number of hydrogen-bond donors (Lipinski definition) is 1. The predicted octanol–water partition coefficient (Wildman–Crippen LogP) is 2.66. The highest BCUT2D eigenvalue weighted by Gasteiger charge is 2.29. The molecule has 1 fully saturated rings. The van der Waals surface area contributed by atoms with Crippen LogP contribution in [0.2, 0.25) is 19.6 Å². The Morgan fingerprint density at radius 1 is 1.39 bits per heavy atom. The second-order valence-corrected chi connectivity index (χ2v) is 10.4. The molecule has 1 aromatic rings. The van der Waals surface area contributed by atoms with E-state index in [1.54, 1.807) is 6.20 Å². The number of amides is 1. The number of rotatable bonds is 2. The van der Waals surface area contributed by atoms with Gasteiger partial charge in [-0.3, -0.25) is 4.79 Å². The fourth-order valence-electron chi connectivity index (χ4n) is 1.38. The first kappa shape index (κ1) is 12.8. The third kappa shape index (κ3) is 4.01. The van der Waals surface area contributed by atoms with Crippen LogP contribution in [0.5, 0.6) is 0 Å². The van der Waals surface area contributed by atoms with Gasteiger partial charge < -0.3 is 5.32 Å². The number of anilines is 1. The van der Waals surface area contributed by atoms with Gasteiger partial charge in [0.2, 0.25) is 5.91 Å². The average molecular weight is 258 g/mol. The molecule has 0 aromatic carbocycles. The lowest BCUT2D eigenvalue weighted by Crippen LogP contribution is -2.16. The summed E-state index contributed by atoms with van der Waals surface area (Å²) < 4.78 is 0. The van der Waals surface area contributed by atoms with Crippen molar-refractivity contribution in [2.45, 2.75) is 32.5 Å². The third-order valence-corrected chi connectivity index (χ3v) is 3.42. The van der Waals surface area contributed by atoms with Gasteiger partial charge in [-0.25, -0.2) is 4.98 Å². The standard InChI is InChI=1S/C14H18N2OSi/c1-18(2,3)9-8-11-4-7-13(15-10-11)16-14(17)12-5-6-12/h4,7,10,12H,5-6H2,1-3H3,(H,15,16,17). The Morgan fingerprint density at radius 2 is 2.11 bits per heavy atom. The summed E-state index contributed by atoms with van der Waals surface area (Å²) in [7, 11) is -1.35. The van der Waals surface area contributed by atoms with Crippen LogP contribution >= 0.6 is 0 Å². The van der Waals surface area contributed by atoms with E-state index in [4.69, 9.17) is 0 Å². The molecule has 1 saturated carbocycles. The van der Waals surface area contributed by atoms with E-state index in [0.29, 0.717) is 5.82 Å². The van der Waals surface area contributed by atoms with Crippen molar-refractivity contribution in [2.75, 3.05) is 5.32 Å². The lowest BCUT2D eigenvalue weighted by atomic mass is 10.3. The molecule has 0 bridgehead atoms. The van der Waals surface area contributed by atoms with Gasteiger partial charge in [0.05, 0.1) is 0 Å². The van der Waals surface area contributed by atoms with Crippen molar-refractivity contribution in [2.24, 2.45) is 5.92 Å². The number of nitrogens with zero attached hydrogens (tertiary/aromatic N) is 1. The Balaban J connectivity index is 2.00. The SMILES string of the molecule is C[Si](C)(C)C#Cc1ccc(NC(=O)C2CC2)nc1. The summed E-state index contributed by atoms with van der Waals surface area (Å²) in [5.41, 5.74) is 4.19. The number of carbonyl (C=O) groups is 1. The quantitative estimate of drug-likeness (QED) is 0.654. The minimum Gasteiger partial charge on any atom is -0.310 e. The van der Waals surface area contributed by atoms with E-state index >= 15 is 0 Å². The highest BCUT2D eigenvalue weighted by molar-refractivity contribution is 6.83. The molecule has 0 aliphatic heterocycles. The molecule has 4 heteroatoms. The molecule has 1 aromatic heterocycles. The number of hydrogen-bond acceptors (Lipinski definition) is 2. The minimum atomic E-state index is -1.35. The zero-order valence-electron chi connectivity index (χ0n) is 11.1. The largest absolute Gasteiger partial charge is 0.310 e. The van der Waals surface area contributed by atoms with E-state index < -0.39 is 8.07 Å². The number of nitrogens with one attached hydrogen (secondary N) is 1. The van der Waals surface area contributed by atoms with Gasteiger partial charge in [0, 0.05) is 17.7 Å². The van der Waals surface area contributed by atoms with E-state index in [2.05, 4.69) is 41.4 Å². The van der Waals surface area contributed by atoms with E-state index in [9.17, 15) is 4.79 Å². The Morgan fingerprint density at radius 3 is 2.61 bits per heavy atom. The lowest BCUT2D eigenvalue weighted by molar-refractivity contribution is -0.117. The van der Waals surface area contributed by atoms with Gasteiger partial charge >= 0.3 is 0 Å². The van der Waals surface area contributed by atoms with Gasteiger partial charge in [-0.2, -0.15) is 0 Å². The van der Waals surface area contributed by atoms with Crippen molar-refractivity contribution >= 4 is 19.8 Å². The van der Waals surface area contributed by atoms with Crippen molar-refractivity contribution < 1.29 is 4.79 Å². The number of aromatic nitrogens is 1. The summed E-state index contributed by atoms with van der Waals surface area (Å²) in [5.74, 6) is 4.05. The highest BCUT2D eigenvalue weighted by atomic mass is 28.3. The molecule has 0 unspecified atom stereocenters. The Bertz CT molecular complexity index is 501. The maximum Gasteiger partial charge on any atom is 0.228 e. The molecule has 1 aliphatic rings. The summed E-state index contributed by atoms with van der Waals surface area (Å²) in [6.07, 6.45) is 3.73. The van der Waals surface area contributed by atoms with Crippen molar-refractivity contribution in [3.63, 3.8) is 0 Å². The number of carbonyl (C=O) groups excluding carboxylic acids is 1. The van der Waals surface area contributed by atoms with E-state index in [-0.39, 0.29) is 11.8 Å². The number of pyridine rings is 1. The molecule has 1 aliphatic carbocycles. The van der Waals surface area contributed by atoms with Crippen LogP contribution in [0, 0.1) is 17.4 Å². The molecule has 0 radical (unpaired) electrons. The van der Waals surface area contributed by atoms with E-state index in [0.717, 1.165) is 18.4 Å². The van der Waals surface area contributed by atoms with Crippen molar-refractivity contribution in [1.29, 1.82) is 0 Å². The maximum atomic E-state index is 11.5. The monoisotopic (exact) mass is 258 g/mol. The van der Waals surface area contributed by atoms with Crippen LogP contribution in [0.25, 0.3) is 0 Å². The first-order chi connectivity index (χ1) is 8.44. The molecule has 94 valence electrons. The van der Waals surface area contributed by atoms with Gasteiger partial charge in [0.1, 0.15) is 13.9 Å². The summed E-state index contributed by atoms with van der Waals surface area (Å²) in [6, 6.07) is 3.72. The van der Waals surface area contributed by atoms with Gasteiger partial charge in [-0.15, -0.1) is 5.54 Å². The van der Waals surface area contributed by atoms with Crippen LogP contribution in [0.15, 0.2) is 18.3 Å². The summed E-state index contributed by atoms with van der Waals surface area (Å²) in [6.45, 7) is 6.62. The van der Waals surface area contributed by atoms with Gasteiger partial charge in [-0.05, 0) is 25.0 Å². The molecule has 1 heterocycles. The van der Waals surface area contributed by atoms with Gasteiger partial charge in [0.15, 0.2) is 0 Å². The molecular formula is C14H18N2OSi. The molecule has 1 amide bonds. The van der Waals surface area contributed by atoms with Crippen LogP contribution in [-0.4, -0.2) is 19.0 Å². The maximum absolute atomic E-state index is 11.5. The zero-order valence-corrected chi connectivity index (χ0v) is 12.1. The van der Waals surface area contributed by atoms with Gasteiger partial charge in [-0.1, -0.05) is 25.6 Å². The summed E-state index contributed by atoms with van der Waals surface area (Å²) in [5, 5.41) is 2.81. The zero-order chi connectivity index (χ0) is 13.2. The van der Waals surface area contributed by atoms with Crippen molar-refractivity contribution in [1.82, 2.24) is 4.98 Å². The second kappa shape index (κ2) is 4.95. The Hall–Kier alpha value is -1.60. The normalized spacial score (nSPS) is 14.6. The molecule has 2 rings (SSSR count). The predicted molar refractivity (Wildman–Crippen MR) is 75.8 cm³/mol. The smallest absolute Gasteiger partial charge is 0.228 e. The summed E-state index contributed by atoms with van der Waals surface area (Å²) >= 11 is 0. The van der Waals surface area contributed by atoms with Crippen LogP contribution in [0.1, 0.15) is 18.4 Å². The van der Waals surface area contributed by atoms with Crippen LogP contribution in [0.4, 0.5) is 5.82 Å². The first-order valence-corrected chi connectivity index (χ1v) is 9.74. The molecule has 18 heavy (non-hydrogen) atoms. The topological polar surface area (TPSA) is 42.0 Å². The van der Waals surface area contributed by atoms with Crippen LogP contribution in [-0.2, 0) is 4.79 Å². The Labute approximate surface area is 109 Å². The fourth-order valence-corrected chi connectivity index (χ4v) is 1.89. The molecular weight excluding hydrogens is 240 g/mol. The third-order valence-electron chi connectivity index (χ3n) is 2.54. The molecule has 3 nitrogen and oxygen atoms in total. The first-order valence-electron chi connectivity index (χ1n) is 6.24. The lowest BCUT2D eigenvalue weighted by Gasteiger charge is -2.04. The summed E-state index contributed by atoms with van der Waals surface area (Å²) in [4.78, 5) is 15.8. The molecule has 1 N–H and O–H groups in total. The highest BCUT2D eigenvalue weighted by Crippen LogP contribution is 2.29. The fraction of sp³-hybridized carbons (Fsp3) is 0.429. The minimum absolute atomic E-state index is 0.0865. The van der Waals surface area contributed by atoms with Gasteiger partial charge in [0.25, 0.3) is 0 Å². The second-order valence-electron chi connectivity index (χ2n) is 5.70. The molecule has 0 saturated heterocycles. The van der Waals surface area contributed by atoms with E-state index in [1.807, 2.05) is 12.1 Å². The van der Waals surface area contributed by atoms with Crippen molar-refractivity contribution in [3.05, 3.63) is 23.9 Å². The van der Waals surface area contributed by atoms with Crippen LogP contribution < -0.4 is 5.32 Å². The van der Waals surface area contributed by atoms with Crippen LogP contribution in [0.3, 0.4) is 0 Å².